The van der Waals surface area contributed by atoms with Crippen molar-refractivity contribution in [3.8, 4) is 0 Å². The highest BCUT2D eigenvalue weighted by molar-refractivity contribution is 7.17. The Morgan fingerprint density at radius 2 is 2.15 bits per heavy atom. The first kappa shape index (κ1) is 18.1. The Bertz CT molecular complexity index is 857. The molecule has 3 N–H and O–H groups in total. The number of carbonyl (C=O) groups is 2. The van der Waals surface area contributed by atoms with Gasteiger partial charge >= 0.3 is 5.69 Å². The SMILES string of the molecule is NC(=O)c1c(NC(=O)CCCn2cc([N+](=O)[O-])cn2)sc2c1CCCC2. The van der Waals surface area contributed by atoms with E-state index in [9.17, 15) is 19.7 Å². The van der Waals surface area contributed by atoms with Crippen LogP contribution in [0.5, 0.6) is 0 Å². The Balaban J connectivity index is 1.58. The van der Waals surface area contributed by atoms with Crippen LogP contribution in [0.3, 0.4) is 0 Å². The lowest BCUT2D eigenvalue weighted by atomic mass is 9.95. The van der Waals surface area contributed by atoms with Gasteiger partial charge in [0.25, 0.3) is 5.91 Å². The monoisotopic (exact) mass is 377 g/mol. The average Bonchev–Trinajstić information content (AvgIpc) is 3.18. The smallest absolute Gasteiger partial charge is 0.306 e. The molecule has 2 aromatic heterocycles. The zero-order valence-electron chi connectivity index (χ0n) is 14.1. The van der Waals surface area contributed by atoms with Gasteiger partial charge in [0.05, 0.1) is 10.5 Å². The van der Waals surface area contributed by atoms with Gasteiger partial charge < -0.3 is 11.1 Å². The lowest BCUT2D eigenvalue weighted by Gasteiger charge is -2.11. The topological polar surface area (TPSA) is 133 Å². The molecule has 26 heavy (non-hydrogen) atoms. The molecule has 2 aromatic rings. The Kier molecular flexibility index (Phi) is 5.31. The predicted octanol–water partition coefficient (Wildman–Crippen LogP) is 2.25. The van der Waals surface area contributed by atoms with Crippen LogP contribution in [0.4, 0.5) is 10.7 Å². The first-order valence-electron chi connectivity index (χ1n) is 8.36. The molecular formula is C16H19N5O4S. The summed E-state index contributed by atoms with van der Waals surface area (Å²) in [7, 11) is 0. The molecule has 1 aliphatic rings. The summed E-state index contributed by atoms with van der Waals surface area (Å²) in [5, 5.41) is 17.8. The zero-order valence-corrected chi connectivity index (χ0v) is 14.9. The van der Waals surface area contributed by atoms with Crippen molar-refractivity contribution in [3.05, 3.63) is 38.5 Å². The van der Waals surface area contributed by atoms with E-state index in [1.807, 2.05) is 0 Å². The van der Waals surface area contributed by atoms with Gasteiger partial charge in [0.15, 0.2) is 0 Å². The normalized spacial score (nSPS) is 13.2. The average molecular weight is 377 g/mol. The highest BCUT2D eigenvalue weighted by Gasteiger charge is 2.24. The molecule has 10 heteroatoms. The van der Waals surface area contributed by atoms with Crippen LogP contribution in [-0.4, -0.2) is 26.5 Å². The minimum absolute atomic E-state index is 0.0790. The number of fused-ring (bicyclic) bond motifs is 1. The van der Waals surface area contributed by atoms with E-state index in [0.29, 0.717) is 23.5 Å². The van der Waals surface area contributed by atoms with E-state index in [4.69, 9.17) is 5.73 Å². The van der Waals surface area contributed by atoms with Crippen LogP contribution in [-0.2, 0) is 24.2 Å². The number of aryl methyl sites for hydroxylation is 2. The molecular weight excluding hydrogens is 358 g/mol. The van der Waals surface area contributed by atoms with Gasteiger partial charge in [-0.05, 0) is 37.7 Å². The molecule has 0 fully saturated rings. The molecule has 0 spiro atoms. The van der Waals surface area contributed by atoms with Gasteiger partial charge in [0, 0.05) is 17.8 Å². The zero-order chi connectivity index (χ0) is 18.7. The molecule has 9 nitrogen and oxygen atoms in total. The fourth-order valence-electron chi connectivity index (χ4n) is 3.07. The number of anilines is 1. The van der Waals surface area contributed by atoms with Crippen molar-refractivity contribution in [1.29, 1.82) is 0 Å². The van der Waals surface area contributed by atoms with Gasteiger partial charge in [-0.1, -0.05) is 0 Å². The molecule has 2 amide bonds. The molecule has 0 radical (unpaired) electrons. The molecule has 1 aliphatic carbocycles. The van der Waals surface area contributed by atoms with Crippen LogP contribution in [0.15, 0.2) is 12.4 Å². The standard InChI is InChI=1S/C16H19N5O4S/c17-15(23)14-11-4-1-2-5-12(11)26-16(14)19-13(22)6-3-7-20-9-10(8-18-20)21(24)25/h8-9H,1-7H2,(H2,17,23)(H,19,22). The molecule has 0 aromatic carbocycles. The van der Waals surface area contributed by atoms with E-state index in [1.54, 1.807) is 0 Å². The van der Waals surface area contributed by atoms with E-state index in [1.165, 1.54) is 28.4 Å². The molecule has 0 unspecified atom stereocenters. The van der Waals surface area contributed by atoms with Crippen molar-refractivity contribution in [2.75, 3.05) is 5.32 Å². The summed E-state index contributed by atoms with van der Waals surface area (Å²) in [6, 6.07) is 0. The predicted molar refractivity (Wildman–Crippen MR) is 96.2 cm³/mol. The van der Waals surface area contributed by atoms with Crippen LogP contribution in [0, 0.1) is 10.1 Å². The van der Waals surface area contributed by atoms with Gasteiger partial charge in [-0.2, -0.15) is 5.10 Å². The van der Waals surface area contributed by atoms with Crippen LogP contribution < -0.4 is 11.1 Å². The molecule has 0 saturated heterocycles. The number of rotatable bonds is 7. The van der Waals surface area contributed by atoms with Crippen molar-refractivity contribution in [1.82, 2.24) is 9.78 Å². The molecule has 0 saturated carbocycles. The Hall–Kier alpha value is -2.75. The third-order valence-corrected chi connectivity index (χ3v) is 5.50. The summed E-state index contributed by atoms with van der Waals surface area (Å²) in [6.45, 7) is 0.394. The number of amides is 2. The van der Waals surface area contributed by atoms with Crippen LogP contribution in [0.2, 0.25) is 0 Å². The highest BCUT2D eigenvalue weighted by Crippen LogP contribution is 2.37. The number of nitro groups is 1. The lowest BCUT2D eigenvalue weighted by Crippen LogP contribution is -2.18. The number of hydrogen-bond donors (Lipinski definition) is 2. The van der Waals surface area contributed by atoms with Crippen molar-refractivity contribution >= 4 is 33.8 Å². The minimum atomic E-state index is -0.514. The van der Waals surface area contributed by atoms with Gasteiger partial charge in [-0.3, -0.25) is 24.4 Å². The number of nitrogens with one attached hydrogen (secondary N) is 1. The summed E-state index contributed by atoms with van der Waals surface area (Å²) >= 11 is 1.43. The fraction of sp³-hybridized carbons (Fsp3) is 0.438. The van der Waals surface area contributed by atoms with Crippen LogP contribution in [0.25, 0.3) is 0 Å². The third-order valence-electron chi connectivity index (χ3n) is 4.29. The van der Waals surface area contributed by atoms with Gasteiger partial charge in [-0.15, -0.1) is 11.3 Å². The van der Waals surface area contributed by atoms with Gasteiger partial charge in [0.2, 0.25) is 5.91 Å². The molecule has 0 atom stereocenters. The number of aromatic nitrogens is 2. The number of thiophene rings is 1. The van der Waals surface area contributed by atoms with E-state index in [-0.39, 0.29) is 18.0 Å². The number of nitrogens with zero attached hydrogens (tertiary/aromatic N) is 3. The van der Waals surface area contributed by atoms with Crippen LogP contribution >= 0.6 is 11.3 Å². The van der Waals surface area contributed by atoms with Gasteiger partial charge in [0.1, 0.15) is 17.4 Å². The second-order valence-corrected chi connectivity index (χ2v) is 7.25. The first-order chi connectivity index (χ1) is 12.5. The second kappa shape index (κ2) is 7.65. The largest absolute Gasteiger partial charge is 0.365 e. The Labute approximate surface area is 153 Å². The Morgan fingerprint density at radius 3 is 2.85 bits per heavy atom. The summed E-state index contributed by atoms with van der Waals surface area (Å²) in [4.78, 5) is 35.2. The molecule has 3 rings (SSSR count). The number of hydrogen-bond acceptors (Lipinski definition) is 6. The summed E-state index contributed by atoms with van der Waals surface area (Å²) < 4.78 is 1.43. The van der Waals surface area contributed by atoms with E-state index in [0.717, 1.165) is 36.1 Å². The molecule has 2 heterocycles. The van der Waals surface area contributed by atoms with Crippen molar-refractivity contribution in [2.45, 2.75) is 45.1 Å². The van der Waals surface area contributed by atoms with E-state index < -0.39 is 10.8 Å². The van der Waals surface area contributed by atoms with E-state index in [2.05, 4.69) is 10.4 Å². The molecule has 0 bridgehead atoms. The lowest BCUT2D eigenvalue weighted by molar-refractivity contribution is -0.385. The number of carbonyl (C=O) groups excluding carboxylic acids is 2. The maximum atomic E-state index is 12.2. The van der Waals surface area contributed by atoms with Crippen molar-refractivity contribution < 1.29 is 14.5 Å². The summed E-state index contributed by atoms with van der Waals surface area (Å²) in [5.74, 6) is -0.726. The maximum absolute atomic E-state index is 12.2. The number of primary amides is 1. The minimum Gasteiger partial charge on any atom is -0.365 e. The van der Waals surface area contributed by atoms with Crippen molar-refractivity contribution in [2.24, 2.45) is 5.73 Å². The quantitative estimate of drug-likeness (QED) is 0.564. The highest BCUT2D eigenvalue weighted by atomic mass is 32.1. The van der Waals surface area contributed by atoms with Gasteiger partial charge in [-0.25, -0.2) is 0 Å². The van der Waals surface area contributed by atoms with Crippen molar-refractivity contribution in [3.63, 3.8) is 0 Å². The number of nitrogens with two attached hydrogens (primary N) is 1. The summed E-state index contributed by atoms with van der Waals surface area (Å²) in [6.07, 6.45) is 7.02. The van der Waals surface area contributed by atoms with E-state index >= 15 is 0 Å². The second-order valence-electron chi connectivity index (χ2n) is 6.15. The third kappa shape index (κ3) is 3.90. The summed E-state index contributed by atoms with van der Waals surface area (Å²) in [5.41, 5.74) is 6.86. The maximum Gasteiger partial charge on any atom is 0.306 e. The fourth-order valence-corrected chi connectivity index (χ4v) is 4.39. The molecule has 0 aliphatic heterocycles. The van der Waals surface area contributed by atoms with Crippen LogP contribution in [0.1, 0.15) is 46.5 Å². The first-order valence-corrected chi connectivity index (χ1v) is 9.18. The molecule has 138 valence electrons. The Morgan fingerprint density at radius 1 is 1.38 bits per heavy atom.